The molecule has 2 N–H and O–H groups in total. The fourth-order valence-corrected chi connectivity index (χ4v) is 1.56. The van der Waals surface area contributed by atoms with Crippen molar-refractivity contribution in [1.29, 1.82) is 0 Å². The monoisotopic (exact) mass is 171 g/mol. The van der Waals surface area contributed by atoms with E-state index in [1.54, 1.807) is 7.11 Å². The molecule has 0 aliphatic heterocycles. The minimum absolute atomic E-state index is 0.493. The van der Waals surface area contributed by atoms with E-state index in [0.717, 1.165) is 12.5 Å². The molecule has 2 heteroatoms. The van der Waals surface area contributed by atoms with Gasteiger partial charge >= 0.3 is 0 Å². The molecule has 0 heterocycles. The largest absolute Gasteiger partial charge is 0.385 e. The van der Waals surface area contributed by atoms with Gasteiger partial charge in [0.1, 0.15) is 0 Å². The third-order valence-electron chi connectivity index (χ3n) is 2.61. The van der Waals surface area contributed by atoms with Crippen LogP contribution in [0.25, 0.3) is 0 Å². The maximum atomic E-state index is 5.96. The van der Waals surface area contributed by atoms with Crippen molar-refractivity contribution in [3.8, 4) is 0 Å². The molecule has 0 aromatic rings. The van der Waals surface area contributed by atoms with Crippen LogP contribution in [-0.4, -0.2) is 19.8 Å². The Hall–Kier alpha value is -0.0800. The quantitative estimate of drug-likeness (QED) is 0.594. The zero-order valence-corrected chi connectivity index (χ0v) is 8.09. The first-order valence-electron chi connectivity index (χ1n) is 5.09. The summed E-state index contributed by atoms with van der Waals surface area (Å²) in [5.74, 6) is 0.868. The second-order valence-corrected chi connectivity index (χ2v) is 3.84. The van der Waals surface area contributed by atoms with Crippen LogP contribution < -0.4 is 5.73 Å². The molecule has 0 aromatic heterocycles. The van der Waals surface area contributed by atoms with Crippen molar-refractivity contribution in [2.24, 2.45) is 11.7 Å². The lowest BCUT2D eigenvalue weighted by Gasteiger charge is -2.08. The molecule has 1 fully saturated rings. The third-order valence-corrected chi connectivity index (χ3v) is 2.61. The van der Waals surface area contributed by atoms with Gasteiger partial charge < -0.3 is 10.5 Å². The summed E-state index contributed by atoms with van der Waals surface area (Å²) < 4.78 is 4.98. The van der Waals surface area contributed by atoms with Gasteiger partial charge in [0.25, 0.3) is 0 Å². The predicted octanol–water partition coefficient (Wildman–Crippen LogP) is 1.93. The number of hydrogen-bond acceptors (Lipinski definition) is 2. The Morgan fingerprint density at radius 1 is 1.33 bits per heavy atom. The Balaban J connectivity index is 1.81. The molecule has 1 unspecified atom stereocenters. The number of hydrogen-bond donors (Lipinski definition) is 1. The fourth-order valence-electron chi connectivity index (χ4n) is 1.56. The van der Waals surface area contributed by atoms with Gasteiger partial charge in [0.05, 0.1) is 0 Å². The van der Waals surface area contributed by atoms with E-state index in [1.807, 2.05) is 0 Å². The van der Waals surface area contributed by atoms with Gasteiger partial charge in [0, 0.05) is 19.8 Å². The van der Waals surface area contributed by atoms with Crippen LogP contribution in [0.15, 0.2) is 0 Å². The van der Waals surface area contributed by atoms with E-state index in [-0.39, 0.29) is 0 Å². The normalized spacial score (nSPS) is 19.5. The van der Waals surface area contributed by atoms with Gasteiger partial charge in [0.2, 0.25) is 0 Å². The summed E-state index contributed by atoms with van der Waals surface area (Å²) >= 11 is 0. The van der Waals surface area contributed by atoms with Gasteiger partial charge in [-0.3, -0.25) is 0 Å². The van der Waals surface area contributed by atoms with E-state index < -0.39 is 0 Å². The highest BCUT2D eigenvalue weighted by atomic mass is 16.5. The second kappa shape index (κ2) is 5.55. The van der Waals surface area contributed by atoms with Gasteiger partial charge in [-0.2, -0.15) is 0 Å². The number of rotatable bonds is 7. The van der Waals surface area contributed by atoms with Crippen molar-refractivity contribution in [2.45, 2.75) is 44.6 Å². The minimum Gasteiger partial charge on any atom is -0.385 e. The smallest absolute Gasteiger partial charge is 0.0462 e. The zero-order chi connectivity index (χ0) is 8.81. The van der Waals surface area contributed by atoms with Crippen molar-refractivity contribution in [3.63, 3.8) is 0 Å². The molecule has 0 spiro atoms. The highest BCUT2D eigenvalue weighted by molar-refractivity contribution is 4.83. The Labute approximate surface area is 75.5 Å². The molecule has 0 aromatic carbocycles. The summed E-state index contributed by atoms with van der Waals surface area (Å²) in [5, 5.41) is 0. The van der Waals surface area contributed by atoms with Crippen LogP contribution in [0.4, 0.5) is 0 Å². The average molecular weight is 171 g/mol. The van der Waals surface area contributed by atoms with Crippen molar-refractivity contribution >= 4 is 0 Å². The van der Waals surface area contributed by atoms with Crippen LogP contribution in [0.5, 0.6) is 0 Å². The molecule has 0 saturated heterocycles. The Bertz CT molecular complexity index is 112. The molecule has 0 bridgehead atoms. The first-order valence-corrected chi connectivity index (χ1v) is 5.09. The van der Waals surface area contributed by atoms with Crippen molar-refractivity contribution in [2.75, 3.05) is 13.7 Å². The summed E-state index contributed by atoms with van der Waals surface area (Å²) in [6, 6.07) is 0.493. The maximum absolute atomic E-state index is 5.96. The highest BCUT2D eigenvalue weighted by Gasteiger charge is 2.27. The Morgan fingerprint density at radius 3 is 2.67 bits per heavy atom. The summed E-state index contributed by atoms with van der Waals surface area (Å²) in [6.07, 6.45) is 7.70. The van der Waals surface area contributed by atoms with Crippen molar-refractivity contribution in [1.82, 2.24) is 0 Å². The molecule has 72 valence electrons. The van der Waals surface area contributed by atoms with Crippen LogP contribution in [0.1, 0.15) is 38.5 Å². The minimum atomic E-state index is 0.493. The molecule has 0 radical (unpaired) electrons. The molecule has 2 nitrogen and oxygen atoms in total. The summed E-state index contributed by atoms with van der Waals surface area (Å²) in [7, 11) is 1.76. The first kappa shape index (κ1) is 10.0. The maximum Gasteiger partial charge on any atom is 0.0462 e. The summed E-state index contributed by atoms with van der Waals surface area (Å²) in [4.78, 5) is 0. The van der Waals surface area contributed by atoms with Crippen LogP contribution in [0.2, 0.25) is 0 Å². The number of methoxy groups -OCH3 is 1. The number of nitrogens with two attached hydrogens (primary N) is 1. The van der Waals surface area contributed by atoms with E-state index in [4.69, 9.17) is 10.5 Å². The topological polar surface area (TPSA) is 35.2 Å². The summed E-state index contributed by atoms with van der Waals surface area (Å²) in [5.41, 5.74) is 5.96. The fraction of sp³-hybridized carbons (Fsp3) is 1.00. The van der Waals surface area contributed by atoms with E-state index >= 15 is 0 Å². The molecule has 1 rings (SSSR count). The number of ether oxygens (including phenoxy) is 1. The van der Waals surface area contributed by atoms with Crippen LogP contribution in [-0.2, 0) is 4.74 Å². The van der Waals surface area contributed by atoms with Gasteiger partial charge in [-0.25, -0.2) is 0 Å². The Kier molecular flexibility index (Phi) is 4.62. The van der Waals surface area contributed by atoms with E-state index in [0.29, 0.717) is 6.04 Å². The predicted molar refractivity (Wildman–Crippen MR) is 51.0 cm³/mol. The molecule has 1 saturated carbocycles. The zero-order valence-electron chi connectivity index (χ0n) is 8.09. The number of unbranched alkanes of at least 4 members (excludes halogenated alkanes) is 2. The van der Waals surface area contributed by atoms with Crippen molar-refractivity contribution < 1.29 is 4.74 Å². The van der Waals surface area contributed by atoms with Gasteiger partial charge in [-0.05, 0) is 31.6 Å². The van der Waals surface area contributed by atoms with E-state index in [1.165, 1.54) is 38.5 Å². The first-order chi connectivity index (χ1) is 5.84. The van der Waals surface area contributed by atoms with Gasteiger partial charge in [0.15, 0.2) is 0 Å². The molecule has 1 aliphatic rings. The lowest BCUT2D eigenvalue weighted by atomic mass is 10.1. The van der Waals surface area contributed by atoms with Gasteiger partial charge in [-0.15, -0.1) is 0 Å². The van der Waals surface area contributed by atoms with Crippen LogP contribution >= 0.6 is 0 Å². The molecule has 0 amide bonds. The lowest BCUT2D eigenvalue weighted by molar-refractivity contribution is 0.191. The Morgan fingerprint density at radius 2 is 2.08 bits per heavy atom. The molecular weight excluding hydrogens is 150 g/mol. The standard InChI is InChI=1S/C10H21NO/c1-12-8-4-2-3-5-10(11)9-6-7-9/h9-10H,2-8,11H2,1H3. The SMILES string of the molecule is COCCCCCC(N)C1CC1. The molecule has 1 atom stereocenters. The van der Waals surface area contributed by atoms with Crippen molar-refractivity contribution in [3.05, 3.63) is 0 Å². The highest BCUT2D eigenvalue weighted by Crippen LogP contribution is 2.33. The van der Waals surface area contributed by atoms with Crippen LogP contribution in [0, 0.1) is 5.92 Å². The average Bonchev–Trinajstić information content (AvgIpc) is 2.86. The van der Waals surface area contributed by atoms with Crippen LogP contribution in [0.3, 0.4) is 0 Å². The molecule has 1 aliphatic carbocycles. The van der Waals surface area contributed by atoms with Gasteiger partial charge in [-0.1, -0.05) is 12.8 Å². The van der Waals surface area contributed by atoms with E-state index in [2.05, 4.69) is 0 Å². The lowest BCUT2D eigenvalue weighted by Crippen LogP contribution is -2.21. The summed E-state index contributed by atoms with van der Waals surface area (Å²) in [6.45, 7) is 0.901. The second-order valence-electron chi connectivity index (χ2n) is 3.84. The molecule has 12 heavy (non-hydrogen) atoms. The molecular formula is C10H21NO. The third kappa shape index (κ3) is 4.07. The van der Waals surface area contributed by atoms with E-state index in [9.17, 15) is 0 Å².